The Hall–Kier alpha value is -7.41. The standard InChI is InChI=1S/C51H30N4OS/c1-3-12-31(13-4-1)49-52-50(32-14-5-2-6-15-32)54-51(53-49)34-23-27-47-42(29-34)41-28-33(22-26-46(41)57-47)36-18-11-19-39-40-30-35(24-25-45(40)56-48(36)39)55-43-20-9-7-16-37(43)38-17-8-10-21-44(38)55/h1-30H. The van der Waals surface area contributed by atoms with E-state index >= 15 is 0 Å². The van der Waals surface area contributed by atoms with Crippen LogP contribution in [0.4, 0.5) is 0 Å². The largest absolute Gasteiger partial charge is 0.455 e. The van der Waals surface area contributed by atoms with Crippen molar-refractivity contribution in [1.29, 1.82) is 0 Å². The molecule has 0 fully saturated rings. The molecule has 0 spiro atoms. The van der Waals surface area contributed by atoms with Crippen molar-refractivity contribution in [2.24, 2.45) is 0 Å². The van der Waals surface area contributed by atoms with Gasteiger partial charge in [-0.2, -0.15) is 0 Å². The average Bonchev–Trinajstić information content (AvgIpc) is 3.95. The van der Waals surface area contributed by atoms with Gasteiger partial charge in [0.2, 0.25) is 0 Å². The number of hydrogen-bond donors (Lipinski definition) is 0. The van der Waals surface area contributed by atoms with Crippen LogP contribution in [0.1, 0.15) is 0 Å². The zero-order valence-corrected chi connectivity index (χ0v) is 31.2. The van der Waals surface area contributed by atoms with E-state index in [9.17, 15) is 0 Å². The minimum atomic E-state index is 0.646. The number of para-hydroxylation sites is 3. The molecule has 0 saturated heterocycles. The molecule has 4 aromatic heterocycles. The van der Waals surface area contributed by atoms with Crippen LogP contribution < -0.4 is 0 Å². The van der Waals surface area contributed by atoms with Gasteiger partial charge in [-0.25, -0.2) is 15.0 Å². The third kappa shape index (κ3) is 5.12. The molecule has 0 atom stereocenters. The Bertz CT molecular complexity index is 3420. The van der Waals surface area contributed by atoms with Crippen molar-refractivity contribution in [2.75, 3.05) is 0 Å². The predicted molar refractivity (Wildman–Crippen MR) is 236 cm³/mol. The SMILES string of the molecule is c1ccc(-c2nc(-c3ccccc3)nc(-c3ccc4sc5ccc(-c6cccc7c6oc6ccc(-n8c9ccccc9c9ccccc98)cc67)cc5c4c3)n2)cc1. The first-order valence-corrected chi connectivity index (χ1v) is 19.8. The van der Waals surface area contributed by atoms with E-state index in [1.54, 1.807) is 11.3 Å². The van der Waals surface area contributed by atoms with Crippen LogP contribution in [0, 0.1) is 0 Å². The minimum Gasteiger partial charge on any atom is -0.455 e. The van der Waals surface area contributed by atoms with Gasteiger partial charge in [-0.05, 0) is 66.2 Å². The van der Waals surface area contributed by atoms with E-state index in [-0.39, 0.29) is 0 Å². The molecule has 0 aliphatic rings. The molecule has 266 valence electrons. The lowest BCUT2D eigenvalue weighted by molar-refractivity contribution is 0.670. The van der Waals surface area contributed by atoms with Crippen LogP contribution >= 0.6 is 11.3 Å². The molecule has 12 aromatic rings. The molecule has 5 nitrogen and oxygen atoms in total. The summed E-state index contributed by atoms with van der Waals surface area (Å²) in [5, 5.41) is 7.05. The van der Waals surface area contributed by atoms with E-state index in [1.807, 2.05) is 60.7 Å². The highest BCUT2D eigenvalue weighted by atomic mass is 32.1. The first kappa shape index (κ1) is 31.9. The smallest absolute Gasteiger partial charge is 0.164 e. The zero-order valence-electron chi connectivity index (χ0n) is 30.4. The Kier molecular flexibility index (Phi) is 7.03. The van der Waals surface area contributed by atoms with Gasteiger partial charge >= 0.3 is 0 Å². The monoisotopic (exact) mass is 746 g/mol. The summed E-state index contributed by atoms with van der Waals surface area (Å²) in [6.07, 6.45) is 0. The maximum absolute atomic E-state index is 6.71. The summed E-state index contributed by atoms with van der Waals surface area (Å²) in [6.45, 7) is 0. The lowest BCUT2D eigenvalue weighted by Crippen LogP contribution is -2.00. The molecule has 6 heteroatoms. The topological polar surface area (TPSA) is 56.7 Å². The minimum absolute atomic E-state index is 0.646. The van der Waals surface area contributed by atoms with Crippen LogP contribution in [0.5, 0.6) is 0 Å². The molecule has 4 heterocycles. The molecule has 8 aromatic carbocycles. The van der Waals surface area contributed by atoms with Crippen LogP contribution in [-0.2, 0) is 0 Å². The van der Waals surface area contributed by atoms with Crippen LogP contribution in [0.15, 0.2) is 186 Å². The Morgan fingerprint density at radius 1 is 0.386 bits per heavy atom. The van der Waals surface area contributed by atoms with E-state index in [0.29, 0.717) is 17.5 Å². The average molecular weight is 747 g/mol. The summed E-state index contributed by atoms with van der Waals surface area (Å²) >= 11 is 1.80. The summed E-state index contributed by atoms with van der Waals surface area (Å²) in [6, 6.07) is 63.8. The highest BCUT2D eigenvalue weighted by Gasteiger charge is 2.18. The normalized spacial score (nSPS) is 11.9. The van der Waals surface area contributed by atoms with Gasteiger partial charge in [0.25, 0.3) is 0 Å². The molecule has 12 rings (SSSR count). The van der Waals surface area contributed by atoms with Crippen molar-refractivity contribution in [3.05, 3.63) is 182 Å². The van der Waals surface area contributed by atoms with Gasteiger partial charge in [-0.1, -0.05) is 121 Å². The zero-order chi connectivity index (χ0) is 37.5. The molecule has 0 aliphatic carbocycles. The van der Waals surface area contributed by atoms with Crippen molar-refractivity contribution < 1.29 is 4.42 Å². The Morgan fingerprint density at radius 3 is 1.58 bits per heavy atom. The number of aromatic nitrogens is 4. The van der Waals surface area contributed by atoms with Crippen LogP contribution in [0.3, 0.4) is 0 Å². The van der Waals surface area contributed by atoms with E-state index in [4.69, 9.17) is 19.4 Å². The van der Waals surface area contributed by atoms with E-state index in [0.717, 1.165) is 55.4 Å². The number of fused-ring (bicyclic) bond motifs is 9. The van der Waals surface area contributed by atoms with Crippen molar-refractivity contribution >= 4 is 75.3 Å². The summed E-state index contributed by atoms with van der Waals surface area (Å²) in [5.41, 5.74) is 10.3. The fraction of sp³-hybridized carbons (Fsp3) is 0. The van der Waals surface area contributed by atoms with Gasteiger partial charge < -0.3 is 8.98 Å². The second-order valence-electron chi connectivity index (χ2n) is 14.4. The van der Waals surface area contributed by atoms with Crippen molar-refractivity contribution in [2.45, 2.75) is 0 Å². The quantitative estimate of drug-likeness (QED) is 0.176. The van der Waals surface area contributed by atoms with Crippen molar-refractivity contribution in [1.82, 2.24) is 19.5 Å². The molecule has 0 N–H and O–H groups in total. The number of rotatable bonds is 5. The Labute approximate surface area is 330 Å². The Morgan fingerprint density at radius 2 is 0.930 bits per heavy atom. The second kappa shape index (κ2) is 12.6. The van der Waals surface area contributed by atoms with E-state index in [2.05, 4.69) is 126 Å². The van der Waals surface area contributed by atoms with Crippen molar-refractivity contribution in [3.63, 3.8) is 0 Å². The molecule has 0 saturated carbocycles. The predicted octanol–water partition coefficient (Wildman–Crippen LogP) is 13.9. The lowest BCUT2D eigenvalue weighted by Gasteiger charge is -2.08. The molecule has 0 radical (unpaired) electrons. The summed E-state index contributed by atoms with van der Waals surface area (Å²) in [7, 11) is 0. The van der Waals surface area contributed by atoms with Gasteiger partial charge in [-0.3, -0.25) is 0 Å². The van der Waals surface area contributed by atoms with E-state index in [1.165, 1.54) is 42.0 Å². The number of hydrogen-bond acceptors (Lipinski definition) is 5. The van der Waals surface area contributed by atoms with Gasteiger partial charge in [0.15, 0.2) is 17.5 Å². The third-order valence-electron chi connectivity index (χ3n) is 11.1. The Balaban J connectivity index is 0.988. The van der Waals surface area contributed by atoms with Crippen LogP contribution in [0.25, 0.3) is 115 Å². The maximum Gasteiger partial charge on any atom is 0.164 e. The maximum atomic E-state index is 6.71. The fourth-order valence-electron chi connectivity index (χ4n) is 8.38. The first-order chi connectivity index (χ1) is 28.2. The highest BCUT2D eigenvalue weighted by Crippen LogP contribution is 2.42. The third-order valence-corrected chi connectivity index (χ3v) is 12.2. The molecular formula is C51H30N4OS. The molecule has 0 bridgehead atoms. The summed E-state index contributed by atoms with van der Waals surface area (Å²) < 4.78 is 11.5. The number of nitrogens with zero attached hydrogens (tertiary/aromatic N) is 4. The van der Waals surface area contributed by atoms with Gasteiger partial charge in [0.1, 0.15) is 11.2 Å². The number of thiophene rings is 1. The van der Waals surface area contributed by atoms with E-state index < -0.39 is 0 Å². The number of benzene rings is 8. The lowest BCUT2D eigenvalue weighted by atomic mass is 10.00. The fourth-order valence-corrected chi connectivity index (χ4v) is 9.44. The van der Waals surface area contributed by atoms with Crippen molar-refractivity contribution in [3.8, 4) is 51.0 Å². The van der Waals surface area contributed by atoms with Gasteiger partial charge in [0.05, 0.1) is 11.0 Å². The van der Waals surface area contributed by atoms with Gasteiger partial charge in [0, 0.05) is 69.7 Å². The van der Waals surface area contributed by atoms with Crippen LogP contribution in [-0.4, -0.2) is 19.5 Å². The molecule has 0 aliphatic heterocycles. The molecular weight excluding hydrogens is 717 g/mol. The van der Waals surface area contributed by atoms with Crippen LogP contribution in [0.2, 0.25) is 0 Å². The molecule has 57 heavy (non-hydrogen) atoms. The van der Waals surface area contributed by atoms with Gasteiger partial charge in [-0.15, -0.1) is 11.3 Å². The summed E-state index contributed by atoms with van der Waals surface area (Å²) in [5.74, 6) is 1.95. The number of furan rings is 1. The highest BCUT2D eigenvalue weighted by molar-refractivity contribution is 7.25. The first-order valence-electron chi connectivity index (χ1n) is 19.0. The second-order valence-corrected chi connectivity index (χ2v) is 15.5. The summed E-state index contributed by atoms with van der Waals surface area (Å²) in [4.78, 5) is 14.9. The molecule has 0 unspecified atom stereocenters. The molecule has 0 amide bonds.